The summed E-state index contributed by atoms with van der Waals surface area (Å²) < 4.78 is 0. The molecule has 32 valence electrons. The van der Waals surface area contributed by atoms with Gasteiger partial charge in [0.05, 0.1) is 0 Å². The van der Waals surface area contributed by atoms with Crippen LogP contribution in [0.2, 0.25) is 0 Å². The number of hydrogen-bond donors (Lipinski definition) is 0. The molecule has 0 aromatic carbocycles. The van der Waals surface area contributed by atoms with Crippen molar-refractivity contribution in [2.75, 3.05) is 0 Å². The van der Waals surface area contributed by atoms with Gasteiger partial charge in [0, 0.05) is 39.9 Å². The van der Waals surface area contributed by atoms with E-state index in [2.05, 4.69) is 0 Å². The fourth-order valence-electron chi connectivity index (χ4n) is 0. The summed E-state index contributed by atoms with van der Waals surface area (Å²) in [6, 6.07) is 0. The zero-order valence-corrected chi connectivity index (χ0v) is 5.53. The molecule has 0 amide bonds. The van der Waals surface area contributed by atoms with E-state index in [-0.39, 0.29) is 45.7 Å². The van der Waals surface area contributed by atoms with E-state index in [0.29, 0.717) is 0 Å². The van der Waals surface area contributed by atoms with Crippen LogP contribution >= 0.6 is 0 Å². The molecule has 0 spiro atoms. The number of ketones is 1. The first-order valence-corrected chi connectivity index (χ1v) is 1.20. The molecule has 0 aliphatic carbocycles. The molecule has 0 aromatic rings. The van der Waals surface area contributed by atoms with Crippen LogP contribution < -0.4 is 0 Å². The van der Waals surface area contributed by atoms with E-state index in [4.69, 9.17) is 0 Å². The van der Waals surface area contributed by atoms with Crippen molar-refractivity contribution in [1.82, 2.24) is 0 Å². The Morgan fingerprint density at radius 3 is 1.40 bits per heavy atom. The molecule has 5 heavy (non-hydrogen) atoms. The molecule has 0 radical (unpaired) electrons. The standard InChI is InChI=1S/C3H6O.Gd/c1-3(2)4;/h1-2H3;. The van der Waals surface area contributed by atoms with Gasteiger partial charge >= 0.3 is 0 Å². The van der Waals surface area contributed by atoms with Gasteiger partial charge in [0.2, 0.25) is 0 Å². The summed E-state index contributed by atoms with van der Waals surface area (Å²) in [7, 11) is 0. The molecule has 0 aliphatic rings. The number of carbonyl (C=O) groups excluding carboxylic acids is 1. The predicted molar refractivity (Wildman–Crippen MR) is 16.4 cm³/mol. The topological polar surface area (TPSA) is 17.1 Å². The average Bonchev–Trinajstić information content (AvgIpc) is 0.811. The summed E-state index contributed by atoms with van der Waals surface area (Å²) >= 11 is 0. The van der Waals surface area contributed by atoms with Crippen molar-refractivity contribution in [3.05, 3.63) is 0 Å². The normalized spacial score (nSPS) is 5.20. The van der Waals surface area contributed by atoms with E-state index in [1.54, 1.807) is 0 Å². The van der Waals surface area contributed by atoms with Crippen LogP contribution in [0.3, 0.4) is 0 Å². The average molecular weight is 215 g/mol. The largest absolute Gasteiger partial charge is 0.300 e. The smallest absolute Gasteiger partial charge is 0.126 e. The second-order valence-electron chi connectivity index (χ2n) is 0.908. The van der Waals surface area contributed by atoms with Crippen molar-refractivity contribution in [2.24, 2.45) is 0 Å². The molecular weight excluding hydrogens is 209 g/mol. The number of carbonyl (C=O) groups is 1. The molecule has 0 bridgehead atoms. The Hall–Kier alpha value is 0.995. The zero-order valence-electron chi connectivity index (χ0n) is 3.26. The van der Waals surface area contributed by atoms with Gasteiger partial charge in [-0.05, 0) is 13.8 Å². The molecule has 0 saturated heterocycles. The zero-order chi connectivity index (χ0) is 3.58. The second kappa shape index (κ2) is 4.99. The minimum Gasteiger partial charge on any atom is -0.300 e. The Balaban J connectivity index is 0. The molecule has 0 saturated carbocycles. The maximum absolute atomic E-state index is 9.44. The number of rotatable bonds is 0. The summed E-state index contributed by atoms with van der Waals surface area (Å²) in [5.41, 5.74) is 0. The van der Waals surface area contributed by atoms with Crippen molar-refractivity contribution >= 4 is 5.78 Å². The van der Waals surface area contributed by atoms with Crippen LogP contribution in [0.5, 0.6) is 0 Å². The third-order valence-electron chi connectivity index (χ3n) is 0. The first-order chi connectivity index (χ1) is 1.73. The maximum Gasteiger partial charge on any atom is 0.126 e. The van der Waals surface area contributed by atoms with Crippen LogP contribution in [-0.2, 0) is 4.79 Å². The summed E-state index contributed by atoms with van der Waals surface area (Å²) in [5, 5.41) is 0. The van der Waals surface area contributed by atoms with E-state index in [9.17, 15) is 4.79 Å². The molecule has 0 aromatic heterocycles. The maximum atomic E-state index is 9.44. The Bertz CT molecular complexity index is 29.9. The molecule has 0 fully saturated rings. The van der Waals surface area contributed by atoms with E-state index >= 15 is 0 Å². The summed E-state index contributed by atoms with van der Waals surface area (Å²) in [6.07, 6.45) is 0. The van der Waals surface area contributed by atoms with Gasteiger partial charge in [-0.3, -0.25) is 0 Å². The van der Waals surface area contributed by atoms with Crippen molar-refractivity contribution in [3.63, 3.8) is 0 Å². The summed E-state index contributed by atoms with van der Waals surface area (Å²) in [4.78, 5) is 9.44. The van der Waals surface area contributed by atoms with Crippen molar-refractivity contribution in [1.29, 1.82) is 0 Å². The van der Waals surface area contributed by atoms with Gasteiger partial charge in [-0.1, -0.05) is 0 Å². The Labute approximate surface area is 63.8 Å². The molecule has 2 heteroatoms. The van der Waals surface area contributed by atoms with Crippen molar-refractivity contribution in [2.45, 2.75) is 13.8 Å². The fourth-order valence-corrected chi connectivity index (χ4v) is 0. The molecule has 0 N–H and O–H groups in total. The van der Waals surface area contributed by atoms with Gasteiger partial charge in [-0.2, -0.15) is 0 Å². The van der Waals surface area contributed by atoms with Crippen molar-refractivity contribution in [3.8, 4) is 0 Å². The molecule has 0 rings (SSSR count). The van der Waals surface area contributed by atoms with Gasteiger partial charge in [0.1, 0.15) is 5.78 Å². The van der Waals surface area contributed by atoms with Gasteiger partial charge in [0.25, 0.3) is 0 Å². The van der Waals surface area contributed by atoms with Gasteiger partial charge in [0.15, 0.2) is 0 Å². The van der Waals surface area contributed by atoms with Crippen LogP contribution in [0, 0.1) is 39.9 Å². The minimum atomic E-state index is 0. The van der Waals surface area contributed by atoms with Gasteiger partial charge in [-0.25, -0.2) is 0 Å². The van der Waals surface area contributed by atoms with Crippen molar-refractivity contribution < 1.29 is 44.7 Å². The second-order valence-corrected chi connectivity index (χ2v) is 0.908. The molecule has 1 nitrogen and oxygen atoms in total. The number of hydrogen-bond acceptors (Lipinski definition) is 1. The quantitative estimate of drug-likeness (QED) is 0.578. The van der Waals surface area contributed by atoms with Crippen LogP contribution in [-0.4, -0.2) is 5.78 Å². The first-order valence-electron chi connectivity index (χ1n) is 1.20. The van der Waals surface area contributed by atoms with Gasteiger partial charge in [-0.15, -0.1) is 0 Å². The van der Waals surface area contributed by atoms with E-state index in [0.717, 1.165) is 0 Å². The Morgan fingerprint density at radius 1 is 1.40 bits per heavy atom. The van der Waals surface area contributed by atoms with Crippen LogP contribution in [0.4, 0.5) is 0 Å². The predicted octanol–water partition coefficient (Wildman–Crippen LogP) is 0.595. The molecule has 0 unspecified atom stereocenters. The summed E-state index contributed by atoms with van der Waals surface area (Å²) in [5.74, 6) is 0.167. The van der Waals surface area contributed by atoms with Crippen LogP contribution in [0.1, 0.15) is 13.8 Å². The van der Waals surface area contributed by atoms with E-state index in [1.165, 1.54) is 13.8 Å². The van der Waals surface area contributed by atoms with Crippen LogP contribution in [0.25, 0.3) is 0 Å². The molecular formula is C3H6GdO. The fraction of sp³-hybridized carbons (Fsp3) is 0.667. The Morgan fingerprint density at radius 2 is 1.40 bits per heavy atom. The molecule has 0 atom stereocenters. The summed E-state index contributed by atoms with van der Waals surface area (Å²) in [6.45, 7) is 3.06. The van der Waals surface area contributed by atoms with E-state index in [1.807, 2.05) is 0 Å². The van der Waals surface area contributed by atoms with Gasteiger partial charge < -0.3 is 4.79 Å². The van der Waals surface area contributed by atoms with Crippen LogP contribution in [0.15, 0.2) is 0 Å². The third-order valence-corrected chi connectivity index (χ3v) is 0. The third kappa shape index (κ3) is 45.3. The molecule has 0 heterocycles. The van der Waals surface area contributed by atoms with E-state index < -0.39 is 0 Å². The SMILES string of the molecule is CC(C)=O.[Gd]. The Kier molecular flexibility index (Phi) is 9.36. The first kappa shape index (κ1) is 9.37. The monoisotopic (exact) mass is 216 g/mol. The number of Topliss-reactive ketones (excluding diaryl/α,β-unsaturated/α-hetero) is 1. The molecule has 0 aliphatic heterocycles. The minimum absolute atomic E-state index is 0.